The second kappa shape index (κ2) is 6.47. The second-order valence-corrected chi connectivity index (χ2v) is 14.2. The largest absolute Gasteiger partial charge is 0.391 e. The van der Waals surface area contributed by atoms with Crippen LogP contribution in [0.3, 0.4) is 0 Å². The van der Waals surface area contributed by atoms with Crippen LogP contribution in [0.1, 0.15) is 66.2 Å². The summed E-state index contributed by atoms with van der Waals surface area (Å²) in [5, 5.41) is -0.238. The number of cyclic esters (lactones) is 2. The predicted octanol–water partition coefficient (Wildman–Crippen LogP) is 5.93. The molecule has 0 radical (unpaired) electrons. The Kier molecular flexibility index (Phi) is 4.72. The Morgan fingerprint density at radius 2 is 1.81 bits per heavy atom. The summed E-state index contributed by atoms with van der Waals surface area (Å²) in [6, 6.07) is 0. The SMILES string of the molecule is CC(C)C1=C[C@]23CC[C@H]4[C@](C)(CCC[C@@]4(C)C(=O)Cl)[C@@H]2C[C@@H]1[C@@]1(Br)C(=O)OC(=O)[C@]31Br. The first-order valence-corrected chi connectivity index (χ1v) is 13.3. The fraction of sp³-hybridized carbons (Fsp3) is 0.792. The topological polar surface area (TPSA) is 60.4 Å². The van der Waals surface area contributed by atoms with Crippen LogP contribution in [0.2, 0.25) is 0 Å². The number of fused-ring (bicyclic) bond motifs is 1. The number of alkyl halides is 2. The number of halogens is 3. The van der Waals surface area contributed by atoms with Crippen LogP contribution in [-0.4, -0.2) is 25.8 Å². The van der Waals surface area contributed by atoms with Gasteiger partial charge < -0.3 is 4.74 Å². The minimum Gasteiger partial charge on any atom is -0.391 e. The zero-order chi connectivity index (χ0) is 22.8. The lowest BCUT2D eigenvalue weighted by Crippen LogP contribution is -2.75. The number of carbonyl (C=O) groups is 3. The summed E-state index contributed by atoms with van der Waals surface area (Å²) in [6.07, 6.45) is 7.42. The Balaban J connectivity index is 1.74. The molecule has 170 valence electrons. The third kappa shape index (κ3) is 2.27. The Labute approximate surface area is 205 Å². The van der Waals surface area contributed by atoms with Gasteiger partial charge in [0.05, 0.1) is 0 Å². The lowest BCUT2D eigenvalue weighted by molar-refractivity contribution is -0.173. The molecule has 5 aliphatic carbocycles. The molecule has 1 saturated heterocycles. The van der Waals surface area contributed by atoms with E-state index in [-0.39, 0.29) is 34.3 Å². The van der Waals surface area contributed by atoms with Crippen LogP contribution in [0.4, 0.5) is 0 Å². The van der Waals surface area contributed by atoms with E-state index in [1.54, 1.807) is 0 Å². The Hall–Kier alpha value is -0.200. The molecule has 1 aliphatic heterocycles. The zero-order valence-corrected chi connectivity index (χ0v) is 22.3. The molecule has 6 aliphatic rings. The summed E-state index contributed by atoms with van der Waals surface area (Å²) < 4.78 is 3.11. The maximum atomic E-state index is 13.3. The highest BCUT2D eigenvalue weighted by atomic mass is 79.9. The zero-order valence-electron chi connectivity index (χ0n) is 18.4. The van der Waals surface area contributed by atoms with Crippen LogP contribution >= 0.6 is 43.5 Å². The maximum absolute atomic E-state index is 13.3. The summed E-state index contributed by atoms with van der Waals surface area (Å²) >= 11 is 13.9. The molecule has 0 unspecified atom stereocenters. The summed E-state index contributed by atoms with van der Waals surface area (Å²) in [7, 11) is 0. The van der Waals surface area contributed by atoms with E-state index in [0.29, 0.717) is 0 Å². The highest BCUT2D eigenvalue weighted by Crippen LogP contribution is 2.79. The van der Waals surface area contributed by atoms with Crippen molar-refractivity contribution in [1.82, 2.24) is 0 Å². The predicted molar refractivity (Wildman–Crippen MR) is 125 cm³/mol. The average molecular weight is 577 g/mol. The van der Waals surface area contributed by atoms with Crippen LogP contribution in [0.15, 0.2) is 11.6 Å². The number of hydrogen-bond donors (Lipinski definition) is 0. The maximum Gasteiger partial charge on any atom is 0.333 e. The average Bonchev–Trinajstić information content (AvgIpc) is 2.88. The molecule has 0 aromatic rings. The number of hydrogen-bond acceptors (Lipinski definition) is 4. The third-order valence-corrected chi connectivity index (χ3v) is 14.2. The monoisotopic (exact) mass is 574 g/mol. The van der Waals surface area contributed by atoms with Crippen molar-refractivity contribution in [1.29, 1.82) is 0 Å². The molecular weight excluding hydrogens is 548 g/mol. The fourth-order valence-corrected chi connectivity index (χ4v) is 11.1. The molecule has 6 rings (SSSR count). The van der Waals surface area contributed by atoms with E-state index >= 15 is 0 Å². The van der Waals surface area contributed by atoms with Gasteiger partial charge in [-0.05, 0) is 66.9 Å². The van der Waals surface area contributed by atoms with Gasteiger partial charge in [-0.2, -0.15) is 0 Å². The van der Waals surface area contributed by atoms with Gasteiger partial charge >= 0.3 is 11.9 Å². The van der Waals surface area contributed by atoms with E-state index < -0.39 is 31.4 Å². The first-order chi connectivity index (χ1) is 14.3. The summed E-state index contributed by atoms with van der Waals surface area (Å²) in [6.45, 7) is 8.65. The standard InChI is InChI=1S/C24H29Br2ClO4/c1-12(2)13-11-22-9-6-15-20(3,7-5-8-21(15,4)17(27)28)16(22)10-14(13)23(25)18(29)31-19(30)24(22,23)26/h11-12,14-16H,5-10H2,1-4H3/t14-,15-,16-,20-,21+,22+,23+,24-/m0/s1. The smallest absolute Gasteiger partial charge is 0.333 e. The number of ether oxygens (including phenoxy) is 1. The van der Waals surface area contributed by atoms with E-state index in [1.807, 2.05) is 6.92 Å². The van der Waals surface area contributed by atoms with Gasteiger partial charge in [0, 0.05) is 16.7 Å². The van der Waals surface area contributed by atoms with E-state index in [9.17, 15) is 14.4 Å². The molecule has 0 N–H and O–H groups in total. The van der Waals surface area contributed by atoms with Crippen LogP contribution in [0.5, 0.6) is 0 Å². The van der Waals surface area contributed by atoms with Gasteiger partial charge in [0.1, 0.15) is 0 Å². The van der Waals surface area contributed by atoms with Gasteiger partial charge in [-0.25, -0.2) is 9.59 Å². The van der Waals surface area contributed by atoms with E-state index in [1.165, 1.54) is 5.57 Å². The van der Waals surface area contributed by atoms with E-state index in [2.05, 4.69) is 58.7 Å². The molecule has 31 heavy (non-hydrogen) atoms. The molecule has 3 saturated carbocycles. The number of esters is 2. The Morgan fingerprint density at radius 3 is 2.42 bits per heavy atom. The number of carbonyl (C=O) groups excluding carboxylic acids is 3. The van der Waals surface area contributed by atoms with Crippen molar-refractivity contribution in [3.05, 3.63) is 11.6 Å². The molecule has 0 amide bonds. The molecule has 4 nitrogen and oxygen atoms in total. The van der Waals surface area contributed by atoms with Gasteiger partial charge in [-0.1, -0.05) is 77.6 Å². The summed E-state index contributed by atoms with van der Waals surface area (Å²) in [5.41, 5.74) is -0.000907. The molecule has 7 heteroatoms. The van der Waals surface area contributed by atoms with Crippen molar-refractivity contribution in [2.24, 2.45) is 39.9 Å². The third-order valence-electron chi connectivity index (χ3n) is 10.0. The fourth-order valence-electron chi connectivity index (χ4n) is 8.68. The second-order valence-electron chi connectivity index (χ2n) is 11.4. The van der Waals surface area contributed by atoms with E-state index in [0.717, 1.165) is 38.5 Å². The van der Waals surface area contributed by atoms with Crippen molar-refractivity contribution >= 4 is 60.6 Å². The lowest BCUT2D eigenvalue weighted by atomic mass is 9.34. The first-order valence-electron chi connectivity index (χ1n) is 11.4. The van der Waals surface area contributed by atoms with Crippen molar-refractivity contribution < 1.29 is 19.1 Å². The normalized spacial score (nSPS) is 52.9. The number of allylic oxidation sites excluding steroid dienone is 2. The molecule has 4 fully saturated rings. The summed E-state index contributed by atoms with van der Waals surface area (Å²) in [4.78, 5) is 39.0. The minimum atomic E-state index is -1.14. The Bertz CT molecular complexity index is 948. The first kappa shape index (κ1) is 22.6. The molecule has 2 bridgehead atoms. The van der Waals surface area contributed by atoms with Crippen molar-refractivity contribution in [3.63, 3.8) is 0 Å². The van der Waals surface area contributed by atoms with E-state index in [4.69, 9.17) is 16.3 Å². The lowest BCUT2D eigenvalue weighted by Gasteiger charge is -2.71. The molecule has 8 atom stereocenters. The van der Waals surface area contributed by atoms with Crippen molar-refractivity contribution in [2.75, 3.05) is 0 Å². The van der Waals surface area contributed by atoms with Gasteiger partial charge in [0.2, 0.25) is 5.24 Å². The molecule has 1 spiro atoms. The van der Waals surface area contributed by atoms with Crippen LogP contribution < -0.4 is 0 Å². The van der Waals surface area contributed by atoms with Gasteiger partial charge in [-0.3, -0.25) is 4.79 Å². The van der Waals surface area contributed by atoms with Gasteiger partial charge in [0.15, 0.2) is 8.65 Å². The molecule has 1 heterocycles. The molecule has 0 aromatic carbocycles. The van der Waals surface area contributed by atoms with Crippen LogP contribution in [-0.2, 0) is 19.1 Å². The quantitative estimate of drug-likeness (QED) is 0.135. The minimum absolute atomic E-state index is 0.131. The molecular formula is C24H29Br2ClO4. The van der Waals surface area contributed by atoms with Crippen LogP contribution in [0, 0.1) is 39.9 Å². The van der Waals surface area contributed by atoms with Crippen molar-refractivity contribution in [2.45, 2.75) is 74.9 Å². The Morgan fingerprint density at radius 1 is 1.13 bits per heavy atom. The molecule has 0 aromatic heterocycles. The van der Waals surface area contributed by atoms with Gasteiger partial charge in [0.25, 0.3) is 0 Å². The highest BCUT2D eigenvalue weighted by Gasteiger charge is 2.84. The highest BCUT2D eigenvalue weighted by molar-refractivity contribution is 9.13. The van der Waals surface area contributed by atoms with Crippen molar-refractivity contribution in [3.8, 4) is 0 Å². The summed E-state index contributed by atoms with van der Waals surface area (Å²) in [5.74, 6) is -0.487. The van der Waals surface area contributed by atoms with Gasteiger partial charge in [-0.15, -0.1) is 0 Å². The number of rotatable bonds is 2. The van der Waals surface area contributed by atoms with Crippen LogP contribution in [0.25, 0.3) is 0 Å².